The molecule has 1 aromatic heterocycles. The number of rotatable bonds is 4. The number of hydrogen-bond donors (Lipinski definition) is 4. The Labute approximate surface area is 181 Å². The topological polar surface area (TPSA) is 113 Å². The summed E-state index contributed by atoms with van der Waals surface area (Å²) in [7, 11) is 0. The van der Waals surface area contributed by atoms with Crippen LogP contribution in [0.3, 0.4) is 0 Å². The van der Waals surface area contributed by atoms with Gasteiger partial charge in [0.25, 0.3) is 0 Å². The summed E-state index contributed by atoms with van der Waals surface area (Å²) in [6.07, 6.45) is -6.29. The van der Waals surface area contributed by atoms with E-state index >= 15 is 0 Å². The lowest BCUT2D eigenvalue weighted by molar-refractivity contribution is -0.140. The predicted molar refractivity (Wildman–Crippen MR) is 113 cm³/mol. The van der Waals surface area contributed by atoms with Crippen molar-refractivity contribution in [3.05, 3.63) is 53.0 Å². The van der Waals surface area contributed by atoms with Gasteiger partial charge < -0.3 is 26.8 Å². The van der Waals surface area contributed by atoms with E-state index in [2.05, 4.69) is 15.5 Å². The molecule has 2 aromatic carbocycles. The van der Waals surface area contributed by atoms with Crippen molar-refractivity contribution < 1.29 is 22.7 Å². The van der Waals surface area contributed by atoms with E-state index in [0.29, 0.717) is 30.2 Å². The van der Waals surface area contributed by atoms with E-state index in [-0.39, 0.29) is 11.5 Å². The molecule has 170 valence electrons. The highest BCUT2D eigenvalue weighted by Crippen LogP contribution is 2.37. The summed E-state index contributed by atoms with van der Waals surface area (Å²) >= 11 is 0. The van der Waals surface area contributed by atoms with Crippen molar-refractivity contribution in [2.75, 3.05) is 29.0 Å². The van der Waals surface area contributed by atoms with Crippen molar-refractivity contribution in [2.45, 2.75) is 31.8 Å². The molecule has 0 spiro atoms. The highest BCUT2D eigenvalue weighted by molar-refractivity contribution is 5.95. The zero-order chi connectivity index (χ0) is 23.4. The lowest BCUT2D eigenvalue weighted by Crippen LogP contribution is -2.60. The Bertz CT molecular complexity index is 1190. The van der Waals surface area contributed by atoms with Gasteiger partial charge in [-0.1, -0.05) is 6.07 Å². The Morgan fingerprint density at radius 1 is 1.16 bits per heavy atom. The zero-order valence-electron chi connectivity index (χ0n) is 17.3. The second-order valence-electron chi connectivity index (χ2n) is 8.31. The summed E-state index contributed by atoms with van der Waals surface area (Å²) in [5.41, 5.74) is 10.1. The molecule has 0 bridgehead atoms. The molecule has 0 unspecified atom stereocenters. The van der Waals surface area contributed by atoms with Gasteiger partial charge in [-0.2, -0.15) is 18.3 Å². The quantitative estimate of drug-likeness (QED) is 0.274. The van der Waals surface area contributed by atoms with E-state index in [0.717, 1.165) is 17.1 Å². The molecule has 1 saturated heterocycles. The number of aryl methyl sites for hydroxylation is 1. The second-order valence-corrected chi connectivity index (χ2v) is 8.31. The first-order valence-electron chi connectivity index (χ1n) is 9.78. The Morgan fingerprint density at radius 3 is 2.47 bits per heavy atom. The molecule has 1 atom stereocenters. The molecular weight excluding hydrogens is 428 g/mol. The van der Waals surface area contributed by atoms with Crippen LogP contribution in [0.15, 0.2) is 30.3 Å². The number of hydrogen-bond acceptors (Lipinski definition) is 7. The monoisotopic (exact) mass is 450 g/mol. The molecule has 0 aliphatic carbocycles. The number of nitrogens with zero attached hydrogens (tertiary/aromatic N) is 3. The number of nitrogen functional groups attached to an aromatic ring is 1. The van der Waals surface area contributed by atoms with Crippen LogP contribution in [-0.2, 0) is 6.18 Å². The highest BCUT2D eigenvalue weighted by Gasteiger charge is 2.37. The number of halogens is 4. The average molecular weight is 450 g/mol. The van der Waals surface area contributed by atoms with E-state index in [1.807, 2.05) is 23.1 Å². The molecule has 11 heteroatoms. The normalized spacial score (nSPS) is 16.7. The van der Waals surface area contributed by atoms with Gasteiger partial charge in [0.1, 0.15) is 12.0 Å². The summed E-state index contributed by atoms with van der Waals surface area (Å²) in [6.45, 7) is 4.40. The summed E-state index contributed by atoms with van der Waals surface area (Å²) < 4.78 is 54.1. The first-order chi connectivity index (χ1) is 14.9. The summed E-state index contributed by atoms with van der Waals surface area (Å²) in [6, 6.07) is 7.11. The Kier molecular flexibility index (Phi) is 5.13. The lowest BCUT2D eigenvalue weighted by atomic mass is 9.95. The van der Waals surface area contributed by atoms with Crippen LogP contribution in [0.2, 0.25) is 0 Å². The molecule has 2 heterocycles. The highest BCUT2D eigenvalue weighted by atomic mass is 19.4. The van der Waals surface area contributed by atoms with Crippen LogP contribution in [-0.4, -0.2) is 34.0 Å². The third kappa shape index (κ3) is 4.00. The van der Waals surface area contributed by atoms with Gasteiger partial charge in [0.05, 0.1) is 16.9 Å². The van der Waals surface area contributed by atoms with Crippen molar-refractivity contribution in [2.24, 2.45) is 5.73 Å². The maximum Gasteiger partial charge on any atom is 0.419 e. The van der Waals surface area contributed by atoms with Gasteiger partial charge in [-0.05, 0) is 38.1 Å². The standard InChI is InChI=1S/C21H22F4N6O/c1-10-13-4-3-12(31-8-20(2,32)9-31)7-14(13)19(30-29-10)28-18(27)15-5-11(26)6-16(17(15)22)21(23,24)25/h3-7,18,32H,8-9,26-27H2,1-2H3,(H,28,30)/t18-/m0/s1. The van der Waals surface area contributed by atoms with Crippen LogP contribution >= 0.6 is 0 Å². The van der Waals surface area contributed by atoms with Gasteiger partial charge in [-0.25, -0.2) is 4.39 Å². The number of nitrogens with one attached hydrogen (secondary N) is 1. The number of alkyl halides is 3. The molecule has 0 radical (unpaired) electrons. The minimum Gasteiger partial charge on any atom is -0.399 e. The van der Waals surface area contributed by atoms with E-state index in [1.165, 1.54) is 0 Å². The van der Waals surface area contributed by atoms with Crippen molar-refractivity contribution in [3.8, 4) is 0 Å². The molecule has 1 fully saturated rings. The molecular formula is C21H22F4N6O. The van der Waals surface area contributed by atoms with Crippen molar-refractivity contribution >= 4 is 28.0 Å². The van der Waals surface area contributed by atoms with E-state index < -0.39 is 34.9 Å². The van der Waals surface area contributed by atoms with Crippen LogP contribution in [0.4, 0.5) is 34.8 Å². The molecule has 0 amide bonds. The SMILES string of the molecule is Cc1nnc(N[C@H](N)c2cc(N)cc(C(F)(F)F)c2F)c2cc(N3CC(C)(O)C3)ccc12. The van der Waals surface area contributed by atoms with E-state index in [9.17, 15) is 22.7 Å². The zero-order valence-corrected chi connectivity index (χ0v) is 17.3. The Balaban J connectivity index is 1.72. The molecule has 6 N–H and O–H groups in total. The number of aromatic nitrogens is 2. The van der Waals surface area contributed by atoms with Gasteiger partial charge in [-0.15, -0.1) is 5.10 Å². The van der Waals surface area contributed by atoms with Crippen molar-refractivity contribution in [1.29, 1.82) is 0 Å². The molecule has 0 saturated carbocycles. The molecule has 7 nitrogen and oxygen atoms in total. The molecule has 3 aromatic rings. The molecule has 1 aliphatic heterocycles. The number of β-amino-alcohol motifs (C(OH)–C–C–N with tert-alkyl or cyclic N) is 1. The molecule has 1 aliphatic rings. The number of benzene rings is 2. The minimum atomic E-state index is -4.92. The van der Waals surface area contributed by atoms with Crippen LogP contribution in [0.25, 0.3) is 10.8 Å². The van der Waals surface area contributed by atoms with Crippen LogP contribution < -0.4 is 21.7 Å². The van der Waals surface area contributed by atoms with Gasteiger partial charge in [0.2, 0.25) is 0 Å². The van der Waals surface area contributed by atoms with Gasteiger partial charge >= 0.3 is 6.18 Å². The Morgan fingerprint density at radius 2 is 1.84 bits per heavy atom. The number of fused-ring (bicyclic) bond motifs is 1. The minimum absolute atomic E-state index is 0.183. The second kappa shape index (κ2) is 7.45. The molecule has 4 rings (SSSR count). The van der Waals surface area contributed by atoms with Crippen molar-refractivity contribution in [3.63, 3.8) is 0 Å². The smallest absolute Gasteiger partial charge is 0.399 e. The average Bonchev–Trinajstić information content (AvgIpc) is 2.68. The van der Waals surface area contributed by atoms with Crippen LogP contribution in [0, 0.1) is 12.7 Å². The van der Waals surface area contributed by atoms with Crippen LogP contribution in [0.1, 0.15) is 29.9 Å². The van der Waals surface area contributed by atoms with Gasteiger partial charge in [-0.3, -0.25) is 0 Å². The fourth-order valence-corrected chi connectivity index (χ4v) is 3.87. The van der Waals surface area contributed by atoms with E-state index in [1.54, 1.807) is 13.8 Å². The first kappa shape index (κ1) is 22.0. The number of anilines is 3. The summed E-state index contributed by atoms with van der Waals surface area (Å²) in [4.78, 5) is 1.96. The third-order valence-electron chi connectivity index (χ3n) is 5.43. The fraction of sp³-hybridized carbons (Fsp3) is 0.333. The van der Waals surface area contributed by atoms with E-state index in [4.69, 9.17) is 11.5 Å². The summed E-state index contributed by atoms with van der Waals surface area (Å²) in [5.74, 6) is -1.32. The maximum atomic E-state index is 14.6. The van der Waals surface area contributed by atoms with Crippen molar-refractivity contribution in [1.82, 2.24) is 10.2 Å². The lowest BCUT2D eigenvalue weighted by Gasteiger charge is -2.45. The van der Waals surface area contributed by atoms with Gasteiger partial charge in [0, 0.05) is 40.8 Å². The van der Waals surface area contributed by atoms with Crippen LogP contribution in [0.5, 0.6) is 0 Å². The summed E-state index contributed by atoms with van der Waals surface area (Å²) in [5, 5.41) is 22.3. The van der Waals surface area contributed by atoms with Gasteiger partial charge in [0.15, 0.2) is 5.82 Å². The molecule has 32 heavy (non-hydrogen) atoms. The first-order valence-corrected chi connectivity index (χ1v) is 9.78. The fourth-order valence-electron chi connectivity index (χ4n) is 3.87. The Hall–Kier alpha value is -3.18. The number of nitrogens with two attached hydrogens (primary N) is 2. The maximum absolute atomic E-state index is 14.6. The largest absolute Gasteiger partial charge is 0.419 e. The predicted octanol–water partition coefficient (Wildman–Crippen LogP) is 3.32. The number of aliphatic hydroxyl groups is 1. The third-order valence-corrected chi connectivity index (χ3v) is 5.43.